The number of rotatable bonds is 7. The topological polar surface area (TPSA) is 89.9 Å². The Bertz CT molecular complexity index is 715. The molecule has 0 radical (unpaired) electrons. The molecule has 0 aromatic heterocycles. The van der Waals surface area contributed by atoms with E-state index in [-0.39, 0.29) is 25.7 Å². The molecule has 2 rings (SSSR count). The molecule has 0 aliphatic carbocycles. The fourth-order valence-corrected chi connectivity index (χ4v) is 2.51. The molecule has 1 amide bonds. The number of hydrogen-bond donors (Lipinski definition) is 3. The Morgan fingerprint density at radius 1 is 1.22 bits per heavy atom. The Morgan fingerprint density at radius 2 is 2.00 bits per heavy atom. The molecule has 0 aliphatic rings. The predicted octanol–water partition coefficient (Wildman–Crippen LogP) is 1.12. The monoisotopic (exact) mass is 316 g/mol. The number of amides is 1. The van der Waals surface area contributed by atoms with Crippen molar-refractivity contribution in [1.29, 1.82) is 0 Å². The zero-order chi connectivity index (χ0) is 16.8. The number of benzene rings is 2. The maximum Gasteiger partial charge on any atom is 0.254 e. The van der Waals surface area contributed by atoms with Crippen molar-refractivity contribution < 1.29 is 19.8 Å². The van der Waals surface area contributed by atoms with Gasteiger partial charge < -0.3 is 20.4 Å². The van der Waals surface area contributed by atoms with Gasteiger partial charge in [-0.05, 0) is 18.2 Å². The van der Waals surface area contributed by atoms with Gasteiger partial charge in [0, 0.05) is 47.7 Å². The Kier molecular flexibility index (Phi) is 5.67. The van der Waals surface area contributed by atoms with E-state index in [1.165, 1.54) is 4.90 Å². The SMILES string of the molecule is CN(CCO)C(=O)c1cccc2c(NCCO)ccc(C=O)c12. The fraction of sp³-hybridized carbons (Fsp3) is 0.294. The van der Waals surface area contributed by atoms with Gasteiger partial charge in [0.25, 0.3) is 5.91 Å². The lowest BCUT2D eigenvalue weighted by Gasteiger charge is -2.18. The van der Waals surface area contributed by atoms with E-state index in [0.29, 0.717) is 23.1 Å². The van der Waals surface area contributed by atoms with Crippen LogP contribution in [0.4, 0.5) is 5.69 Å². The van der Waals surface area contributed by atoms with Crippen molar-refractivity contribution in [2.45, 2.75) is 0 Å². The molecule has 0 unspecified atom stereocenters. The van der Waals surface area contributed by atoms with Crippen molar-refractivity contribution in [3.8, 4) is 0 Å². The molecule has 0 saturated heterocycles. The minimum absolute atomic E-state index is 0.0191. The van der Waals surface area contributed by atoms with Crippen LogP contribution < -0.4 is 5.32 Å². The Hall–Kier alpha value is -2.44. The van der Waals surface area contributed by atoms with Crippen molar-refractivity contribution >= 4 is 28.7 Å². The number of hydrogen-bond acceptors (Lipinski definition) is 5. The number of aliphatic hydroxyl groups excluding tert-OH is 2. The minimum atomic E-state index is -0.257. The third-order valence-electron chi connectivity index (χ3n) is 3.64. The minimum Gasteiger partial charge on any atom is -0.395 e. The highest BCUT2D eigenvalue weighted by atomic mass is 16.3. The number of aliphatic hydroxyl groups is 2. The molecular weight excluding hydrogens is 296 g/mol. The zero-order valence-corrected chi connectivity index (χ0v) is 13.0. The summed E-state index contributed by atoms with van der Waals surface area (Å²) in [5.74, 6) is -0.257. The maximum absolute atomic E-state index is 12.6. The van der Waals surface area contributed by atoms with Gasteiger partial charge in [-0.1, -0.05) is 12.1 Å². The van der Waals surface area contributed by atoms with Crippen molar-refractivity contribution in [2.24, 2.45) is 0 Å². The molecule has 0 atom stereocenters. The molecule has 6 nitrogen and oxygen atoms in total. The molecule has 0 bridgehead atoms. The molecule has 0 saturated carbocycles. The maximum atomic E-state index is 12.6. The van der Waals surface area contributed by atoms with Gasteiger partial charge in [-0.3, -0.25) is 9.59 Å². The summed E-state index contributed by atoms with van der Waals surface area (Å²) in [6.45, 7) is 0.442. The van der Waals surface area contributed by atoms with Gasteiger partial charge in [-0.15, -0.1) is 0 Å². The van der Waals surface area contributed by atoms with Crippen LogP contribution in [0.1, 0.15) is 20.7 Å². The molecule has 3 N–H and O–H groups in total. The lowest BCUT2D eigenvalue weighted by molar-refractivity contribution is 0.0769. The molecule has 0 spiro atoms. The molecular formula is C17H20N2O4. The lowest BCUT2D eigenvalue weighted by atomic mass is 9.97. The van der Waals surface area contributed by atoms with Crippen LogP contribution in [-0.2, 0) is 0 Å². The van der Waals surface area contributed by atoms with E-state index >= 15 is 0 Å². The molecule has 2 aromatic rings. The summed E-state index contributed by atoms with van der Waals surface area (Å²) >= 11 is 0. The molecule has 122 valence electrons. The van der Waals surface area contributed by atoms with E-state index in [4.69, 9.17) is 10.2 Å². The number of carbonyl (C=O) groups is 2. The summed E-state index contributed by atoms with van der Waals surface area (Å²) < 4.78 is 0. The second kappa shape index (κ2) is 7.71. The number of anilines is 1. The van der Waals surface area contributed by atoms with E-state index in [0.717, 1.165) is 17.4 Å². The van der Waals surface area contributed by atoms with E-state index < -0.39 is 0 Å². The van der Waals surface area contributed by atoms with Crippen LogP contribution in [0.15, 0.2) is 30.3 Å². The summed E-state index contributed by atoms with van der Waals surface area (Å²) in [6, 6.07) is 8.65. The molecule has 23 heavy (non-hydrogen) atoms. The Morgan fingerprint density at radius 3 is 2.65 bits per heavy atom. The highest BCUT2D eigenvalue weighted by Crippen LogP contribution is 2.29. The molecule has 6 heteroatoms. The quantitative estimate of drug-likeness (QED) is 0.666. The number of nitrogens with zero attached hydrogens (tertiary/aromatic N) is 1. The van der Waals surface area contributed by atoms with Gasteiger partial charge in [0.15, 0.2) is 6.29 Å². The number of aldehydes is 1. The van der Waals surface area contributed by atoms with Gasteiger partial charge in [0.1, 0.15) is 0 Å². The number of carbonyl (C=O) groups excluding carboxylic acids is 2. The van der Waals surface area contributed by atoms with Crippen molar-refractivity contribution in [3.05, 3.63) is 41.5 Å². The first-order chi connectivity index (χ1) is 11.1. The van der Waals surface area contributed by atoms with Crippen LogP contribution in [0.3, 0.4) is 0 Å². The third-order valence-corrected chi connectivity index (χ3v) is 3.64. The highest BCUT2D eigenvalue weighted by molar-refractivity contribution is 6.15. The van der Waals surface area contributed by atoms with Crippen molar-refractivity contribution in [2.75, 3.05) is 38.7 Å². The van der Waals surface area contributed by atoms with Crippen LogP contribution in [0.2, 0.25) is 0 Å². The summed E-state index contributed by atoms with van der Waals surface area (Å²) in [7, 11) is 1.60. The summed E-state index contributed by atoms with van der Waals surface area (Å²) in [6.07, 6.45) is 0.723. The fourth-order valence-electron chi connectivity index (χ4n) is 2.51. The van der Waals surface area contributed by atoms with Gasteiger partial charge in [-0.25, -0.2) is 0 Å². The van der Waals surface area contributed by atoms with Crippen LogP contribution in [0.5, 0.6) is 0 Å². The summed E-state index contributed by atoms with van der Waals surface area (Å²) in [5.41, 5.74) is 1.59. The number of likely N-dealkylation sites (N-methyl/N-ethyl adjacent to an activating group) is 1. The Labute approximate surface area is 134 Å². The second-order valence-corrected chi connectivity index (χ2v) is 5.15. The van der Waals surface area contributed by atoms with E-state index in [1.54, 1.807) is 31.3 Å². The predicted molar refractivity (Wildman–Crippen MR) is 89.0 cm³/mol. The van der Waals surface area contributed by atoms with E-state index in [1.807, 2.05) is 6.07 Å². The smallest absolute Gasteiger partial charge is 0.254 e. The van der Waals surface area contributed by atoms with Gasteiger partial charge in [0.05, 0.1) is 13.2 Å². The molecule has 0 heterocycles. The van der Waals surface area contributed by atoms with Gasteiger partial charge >= 0.3 is 0 Å². The first-order valence-electron chi connectivity index (χ1n) is 7.36. The first-order valence-corrected chi connectivity index (χ1v) is 7.36. The molecule has 0 fully saturated rings. The van der Waals surface area contributed by atoms with Crippen molar-refractivity contribution in [3.63, 3.8) is 0 Å². The van der Waals surface area contributed by atoms with Crippen LogP contribution >= 0.6 is 0 Å². The van der Waals surface area contributed by atoms with Crippen LogP contribution in [-0.4, -0.2) is 60.7 Å². The van der Waals surface area contributed by atoms with Crippen molar-refractivity contribution in [1.82, 2.24) is 4.90 Å². The lowest BCUT2D eigenvalue weighted by Crippen LogP contribution is -2.29. The van der Waals surface area contributed by atoms with E-state index in [9.17, 15) is 9.59 Å². The van der Waals surface area contributed by atoms with E-state index in [2.05, 4.69) is 5.32 Å². The average Bonchev–Trinajstić information content (AvgIpc) is 2.58. The summed E-state index contributed by atoms with van der Waals surface area (Å²) in [5, 5.41) is 22.4. The number of nitrogens with one attached hydrogen (secondary N) is 1. The van der Waals surface area contributed by atoms with Crippen LogP contribution in [0.25, 0.3) is 10.8 Å². The highest BCUT2D eigenvalue weighted by Gasteiger charge is 2.17. The average molecular weight is 316 g/mol. The second-order valence-electron chi connectivity index (χ2n) is 5.15. The normalized spacial score (nSPS) is 10.6. The zero-order valence-electron chi connectivity index (χ0n) is 13.0. The van der Waals surface area contributed by atoms with Crippen LogP contribution in [0, 0.1) is 0 Å². The third kappa shape index (κ3) is 3.49. The number of fused-ring (bicyclic) bond motifs is 1. The molecule has 2 aromatic carbocycles. The standard InChI is InChI=1S/C17H20N2O4/c1-19(8-10-21)17(23)14-4-2-3-13-15(18-7-9-20)6-5-12(11-22)16(13)14/h2-6,11,18,20-21H,7-10H2,1H3. The first kappa shape index (κ1) is 16.9. The van der Waals surface area contributed by atoms with Gasteiger partial charge in [-0.2, -0.15) is 0 Å². The van der Waals surface area contributed by atoms with Gasteiger partial charge in [0.2, 0.25) is 0 Å². The Balaban J connectivity index is 2.61. The largest absolute Gasteiger partial charge is 0.395 e. The molecule has 0 aliphatic heterocycles. The summed E-state index contributed by atoms with van der Waals surface area (Å²) in [4.78, 5) is 25.4.